The Morgan fingerprint density at radius 1 is 1.29 bits per heavy atom. The third kappa shape index (κ3) is 3.20. The van der Waals surface area contributed by atoms with Crippen LogP contribution >= 0.6 is 0 Å². The molecular weight excluding hydrogens is 268 g/mol. The van der Waals surface area contributed by atoms with Crippen molar-refractivity contribution < 1.29 is 14.6 Å². The highest BCUT2D eigenvalue weighted by Crippen LogP contribution is 2.22. The second kappa shape index (κ2) is 5.93. The molecule has 5 nitrogen and oxygen atoms in total. The number of carboxylic acids is 1. The molecule has 1 unspecified atom stereocenters. The number of rotatable bonds is 4. The summed E-state index contributed by atoms with van der Waals surface area (Å²) in [6.45, 7) is 1.80. The van der Waals surface area contributed by atoms with Crippen LogP contribution in [0.3, 0.4) is 0 Å². The van der Waals surface area contributed by atoms with Crippen LogP contribution in [-0.2, 0) is 0 Å². The Labute approximate surface area is 122 Å². The maximum absolute atomic E-state index is 11.0. The Balaban J connectivity index is 1.85. The van der Waals surface area contributed by atoms with Crippen LogP contribution < -0.4 is 10.1 Å². The molecule has 0 radical (unpaired) electrons. The lowest BCUT2D eigenvalue weighted by Crippen LogP contribution is -2.20. The highest BCUT2D eigenvalue weighted by atomic mass is 16.5. The molecule has 1 saturated heterocycles. The van der Waals surface area contributed by atoms with Gasteiger partial charge in [0, 0.05) is 18.2 Å². The molecule has 0 spiro atoms. The summed E-state index contributed by atoms with van der Waals surface area (Å²) >= 11 is 0. The Hall–Kier alpha value is -2.40. The van der Waals surface area contributed by atoms with Crippen LogP contribution in [0.2, 0.25) is 0 Å². The normalized spacial score (nSPS) is 17.6. The van der Waals surface area contributed by atoms with Crippen LogP contribution in [0, 0.1) is 0 Å². The molecule has 0 saturated carbocycles. The predicted octanol–water partition coefficient (Wildman–Crippen LogP) is 2.19. The summed E-state index contributed by atoms with van der Waals surface area (Å²) in [5.74, 6) is -0.372. The van der Waals surface area contributed by atoms with Crippen LogP contribution in [0.1, 0.15) is 16.8 Å². The molecule has 2 heterocycles. The monoisotopic (exact) mass is 284 g/mol. The number of ether oxygens (including phenoxy) is 1. The van der Waals surface area contributed by atoms with Crippen molar-refractivity contribution in [2.24, 2.45) is 0 Å². The average molecular weight is 284 g/mol. The van der Waals surface area contributed by atoms with E-state index < -0.39 is 5.97 Å². The van der Waals surface area contributed by atoms with Crippen LogP contribution in [-0.4, -0.2) is 35.3 Å². The molecule has 108 valence electrons. The molecule has 3 rings (SSSR count). The van der Waals surface area contributed by atoms with E-state index in [0.717, 1.165) is 25.1 Å². The standard InChI is InChI=1S/C16H16N2O3/c19-16(20)12-4-1-3-11(9-12)14-5-2-6-15(18-14)21-13-7-8-17-10-13/h1-6,9,13,17H,7-8,10H2,(H,19,20). The number of hydrogen-bond donors (Lipinski definition) is 2. The first-order valence-corrected chi connectivity index (χ1v) is 6.90. The fourth-order valence-electron chi connectivity index (χ4n) is 2.35. The predicted molar refractivity (Wildman–Crippen MR) is 78.5 cm³/mol. The zero-order valence-corrected chi connectivity index (χ0v) is 11.5. The highest BCUT2D eigenvalue weighted by Gasteiger charge is 2.16. The SMILES string of the molecule is O=C(O)c1cccc(-c2cccc(OC3CCNC3)n2)c1. The molecule has 1 atom stereocenters. The third-order valence-corrected chi connectivity index (χ3v) is 3.43. The van der Waals surface area contributed by atoms with E-state index in [1.54, 1.807) is 18.2 Å². The molecular formula is C16H16N2O3. The smallest absolute Gasteiger partial charge is 0.335 e. The molecule has 2 aromatic rings. The summed E-state index contributed by atoms with van der Waals surface area (Å²) in [4.78, 5) is 15.5. The van der Waals surface area contributed by atoms with Crippen molar-refractivity contribution >= 4 is 5.97 Å². The van der Waals surface area contributed by atoms with Gasteiger partial charge in [-0.3, -0.25) is 0 Å². The van der Waals surface area contributed by atoms with Gasteiger partial charge in [0.15, 0.2) is 0 Å². The molecule has 1 aliphatic heterocycles. The second-order valence-corrected chi connectivity index (χ2v) is 4.98. The van der Waals surface area contributed by atoms with Crippen molar-refractivity contribution in [1.82, 2.24) is 10.3 Å². The topological polar surface area (TPSA) is 71.5 Å². The first kappa shape index (κ1) is 13.6. The summed E-state index contributed by atoms with van der Waals surface area (Å²) in [7, 11) is 0. The summed E-state index contributed by atoms with van der Waals surface area (Å²) < 4.78 is 5.83. The summed E-state index contributed by atoms with van der Waals surface area (Å²) in [6, 6.07) is 12.3. The zero-order chi connectivity index (χ0) is 14.7. The number of carboxylic acid groups (broad SMARTS) is 1. The quantitative estimate of drug-likeness (QED) is 0.900. The van der Waals surface area contributed by atoms with Gasteiger partial charge in [-0.25, -0.2) is 9.78 Å². The van der Waals surface area contributed by atoms with Gasteiger partial charge in [0.2, 0.25) is 5.88 Å². The molecule has 2 N–H and O–H groups in total. The molecule has 21 heavy (non-hydrogen) atoms. The molecule has 1 aromatic heterocycles. The largest absolute Gasteiger partial charge is 0.478 e. The van der Waals surface area contributed by atoms with Crippen molar-refractivity contribution in [2.75, 3.05) is 13.1 Å². The lowest BCUT2D eigenvalue weighted by atomic mass is 10.1. The molecule has 0 amide bonds. The van der Waals surface area contributed by atoms with Crippen LogP contribution in [0.4, 0.5) is 0 Å². The highest BCUT2D eigenvalue weighted by molar-refractivity contribution is 5.89. The van der Waals surface area contributed by atoms with Crippen molar-refractivity contribution in [3.63, 3.8) is 0 Å². The van der Waals surface area contributed by atoms with Gasteiger partial charge in [0.1, 0.15) is 6.10 Å². The maximum Gasteiger partial charge on any atom is 0.335 e. The van der Waals surface area contributed by atoms with Crippen molar-refractivity contribution in [3.05, 3.63) is 48.0 Å². The number of aromatic carboxylic acids is 1. The zero-order valence-electron chi connectivity index (χ0n) is 11.5. The minimum Gasteiger partial charge on any atom is -0.478 e. The number of benzene rings is 1. The first-order valence-electron chi connectivity index (χ1n) is 6.90. The van der Waals surface area contributed by atoms with Gasteiger partial charge in [-0.1, -0.05) is 18.2 Å². The average Bonchev–Trinajstić information content (AvgIpc) is 3.00. The van der Waals surface area contributed by atoms with E-state index in [2.05, 4.69) is 10.3 Å². The van der Waals surface area contributed by atoms with E-state index in [9.17, 15) is 4.79 Å². The van der Waals surface area contributed by atoms with Crippen LogP contribution in [0.5, 0.6) is 5.88 Å². The Morgan fingerprint density at radius 3 is 2.90 bits per heavy atom. The summed E-state index contributed by atoms with van der Waals surface area (Å²) in [5.41, 5.74) is 1.73. The van der Waals surface area contributed by atoms with E-state index in [4.69, 9.17) is 9.84 Å². The number of hydrogen-bond acceptors (Lipinski definition) is 4. The van der Waals surface area contributed by atoms with Gasteiger partial charge in [-0.15, -0.1) is 0 Å². The van der Waals surface area contributed by atoms with Crippen molar-refractivity contribution in [2.45, 2.75) is 12.5 Å². The molecule has 0 bridgehead atoms. The van der Waals surface area contributed by atoms with Crippen molar-refractivity contribution in [3.8, 4) is 17.1 Å². The lowest BCUT2D eigenvalue weighted by Gasteiger charge is -2.12. The third-order valence-electron chi connectivity index (χ3n) is 3.43. The fourth-order valence-corrected chi connectivity index (χ4v) is 2.35. The van der Waals surface area contributed by atoms with Crippen molar-refractivity contribution in [1.29, 1.82) is 0 Å². The Morgan fingerprint density at radius 2 is 2.14 bits per heavy atom. The van der Waals surface area contributed by atoms with E-state index in [1.807, 2.05) is 24.3 Å². The minimum absolute atomic E-state index is 0.151. The summed E-state index contributed by atoms with van der Waals surface area (Å²) in [5, 5.41) is 12.3. The molecule has 1 fully saturated rings. The van der Waals surface area contributed by atoms with Gasteiger partial charge in [0.25, 0.3) is 0 Å². The van der Waals surface area contributed by atoms with E-state index in [-0.39, 0.29) is 11.7 Å². The molecule has 1 aliphatic rings. The Bertz CT molecular complexity index is 651. The van der Waals surface area contributed by atoms with Crippen LogP contribution in [0.15, 0.2) is 42.5 Å². The van der Waals surface area contributed by atoms with Gasteiger partial charge in [-0.2, -0.15) is 0 Å². The number of carbonyl (C=O) groups is 1. The van der Waals surface area contributed by atoms with Crippen LogP contribution in [0.25, 0.3) is 11.3 Å². The number of pyridine rings is 1. The minimum atomic E-state index is -0.943. The molecule has 0 aliphatic carbocycles. The van der Waals surface area contributed by atoms with Gasteiger partial charge < -0.3 is 15.2 Å². The second-order valence-electron chi connectivity index (χ2n) is 4.98. The number of nitrogens with one attached hydrogen (secondary N) is 1. The van der Waals surface area contributed by atoms with Gasteiger partial charge >= 0.3 is 5.97 Å². The van der Waals surface area contributed by atoms with Gasteiger partial charge in [0.05, 0.1) is 11.3 Å². The summed E-state index contributed by atoms with van der Waals surface area (Å²) in [6.07, 6.45) is 1.12. The first-order chi connectivity index (χ1) is 10.2. The molecule has 5 heteroatoms. The fraction of sp³-hybridized carbons (Fsp3) is 0.250. The maximum atomic E-state index is 11.0. The van der Waals surface area contributed by atoms with E-state index in [0.29, 0.717) is 11.6 Å². The molecule has 1 aromatic carbocycles. The van der Waals surface area contributed by atoms with E-state index in [1.165, 1.54) is 0 Å². The Kier molecular flexibility index (Phi) is 3.83. The van der Waals surface area contributed by atoms with E-state index >= 15 is 0 Å². The number of aromatic nitrogens is 1. The lowest BCUT2D eigenvalue weighted by molar-refractivity contribution is 0.0697. The van der Waals surface area contributed by atoms with Gasteiger partial charge in [-0.05, 0) is 31.2 Å². The number of nitrogens with zero attached hydrogens (tertiary/aromatic N) is 1.